The van der Waals surface area contributed by atoms with Crippen LogP contribution in [0.3, 0.4) is 0 Å². The number of carbonyl (C=O) groups is 2. The van der Waals surface area contributed by atoms with Crippen LogP contribution in [-0.4, -0.2) is 44.9 Å². The van der Waals surface area contributed by atoms with Gasteiger partial charge in [0.1, 0.15) is 6.04 Å². The second kappa shape index (κ2) is 9.36. The molecule has 0 spiro atoms. The van der Waals surface area contributed by atoms with Crippen molar-refractivity contribution >= 4 is 23.6 Å². The molecule has 3 rings (SSSR count). The molecule has 0 unspecified atom stereocenters. The van der Waals surface area contributed by atoms with E-state index >= 15 is 0 Å². The van der Waals surface area contributed by atoms with E-state index in [1.165, 1.54) is 11.8 Å². The zero-order valence-corrected chi connectivity index (χ0v) is 15.9. The first kappa shape index (κ1) is 19.2. The van der Waals surface area contributed by atoms with Gasteiger partial charge in [-0.05, 0) is 19.3 Å². The minimum Gasteiger partial charge on any atom is -0.354 e. The van der Waals surface area contributed by atoms with Crippen LogP contribution in [0.4, 0.5) is 0 Å². The summed E-state index contributed by atoms with van der Waals surface area (Å²) in [5, 5.41) is 14.8. The van der Waals surface area contributed by atoms with Crippen molar-refractivity contribution in [3.8, 4) is 11.4 Å². The molecule has 1 saturated heterocycles. The Labute approximate surface area is 162 Å². The fourth-order valence-electron chi connectivity index (χ4n) is 2.93. The highest BCUT2D eigenvalue weighted by molar-refractivity contribution is 7.99. The molecule has 1 aliphatic heterocycles. The molecule has 1 aromatic carbocycles. The number of benzene rings is 1. The summed E-state index contributed by atoms with van der Waals surface area (Å²) in [6.45, 7) is 5.01. The second-order valence-corrected chi connectivity index (χ2v) is 7.21. The Balaban J connectivity index is 1.65. The molecule has 0 saturated carbocycles. The summed E-state index contributed by atoms with van der Waals surface area (Å²) < 4.78 is 1.93. The van der Waals surface area contributed by atoms with Crippen LogP contribution in [0.2, 0.25) is 0 Å². The normalized spacial score (nSPS) is 17.0. The smallest absolute Gasteiger partial charge is 0.242 e. The van der Waals surface area contributed by atoms with Crippen LogP contribution in [0, 0.1) is 0 Å². The van der Waals surface area contributed by atoms with Gasteiger partial charge >= 0.3 is 0 Å². The van der Waals surface area contributed by atoms with Crippen molar-refractivity contribution in [1.29, 1.82) is 0 Å². The molecule has 2 amide bonds. The van der Waals surface area contributed by atoms with Crippen molar-refractivity contribution in [3.05, 3.63) is 43.0 Å². The summed E-state index contributed by atoms with van der Waals surface area (Å²) in [6.07, 6.45) is 4.31. The monoisotopic (exact) mass is 385 g/mol. The third-order valence-corrected chi connectivity index (χ3v) is 5.23. The molecule has 142 valence electrons. The van der Waals surface area contributed by atoms with Gasteiger partial charge in [0.15, 0.2) is 11.0 Å². The van der Waals surface area contributed by atoms with E-state index in [1.54, 1.807) is 6.08 Å². The summed E-state index contributed by atoms with van der Waals surface area (Å²) in [5.74, 6) is 0.624. The van der Waals surface area contributed by atoms with Crippen molar-refractivity contribution in [2.75, 3.05) is 12.3 Å². The van der Waals surface area contributed by atoms with E-state index in [4.69, 9.17) is 0 Å². The predicted molar refractivity (Wildman–Crippen MR) is 105 cm³/mol. The highest BCUT2D eigenvalue weighted by Crippen LogP contribution is 2.23. The number of nitrogens with zero attached hydrogens (tertiary/aromatic N) is 3. The minimum absolute atomic E-state index is 0.105. The molecular formula is C19H23N5O2S. The summed E-state index contributed by atoms with van der Waals surface area (Å²) >= 11 is 1.30. The molecule has 1 fully saturated rings. The number of hydrogen-bond acceptors (Lipinski definition) is 5. The summed E-state index contributed by atoms with van der Waals surface area (Å²) in [6, 6.07) is 9.32. The van der Waals surface area contributed by atoms with Gasteiger partial charge in [-0.1, -0.05) is 48.2 Å². The number of nitrogens with one attached hydrogen (secondary N) is 2. The van der Waals surface area contributed by atoms with Crippen molar-refractivity contribution < 1.29 is 9.59 Å². The lowest BCUT2D eigenvalue weighted by molar-refractivity contribution is -0.127. The maximum atomic E-state index is 12.3. The van der Waals surface area contributed by atoms with Gasteiger partial charge in [0, 0.05) is 18.7 Å². The first-order valence-electron chi connectivity index (χ1n) is 8.98. The average molecular weight is 385 g/mol. The molecule has 0 bridgehead atoms. The van der Waals surface area contributed by atoms with Crippen LogP contribution in [0.25, 0.3) is 11.4 Å². The Morgan fingerprint density at radius 3 is 2.93 bits per heavy atom. The average Bonchev–Trinajstić information content (AvgIpc) is 2.97. The number of allylic oxidation sites excluding steroid dienone is 1. The topological polar surface area (TPSA) is 88.9 Å². The summed E-state index contributed by atoms with van der Waals surface area (Å²) in [7, 11) is 0. The largest absolute Gasteiger partial charge is 0.354 e. The fraction of sp³-hybridized carbons (Fsp3) is 0.368. The zero-order chi connectivity index (χ0) is 19.1. The Bertz CT molecular complexity index is 806. The Kier molecular flexibility index (Phi) is 6.64. The number of thioether (sulfide) groups is 1. The van der Waals surface area contributed by atoms with E-state index in [9.17, 15) is 9.59 Å². The van der Waals surface area contributed by atoms with Crippen LogP contribution >= 0.6 is 11.8 Å². The molecule has 1 atom stereocenters. The predicted octanol–water partition coefficient (Wildman–Crippen LogP) is 2.01. The minimum atomic E-state index is -0.452. The van der Waals surface area contributed by atoms with E-state index in [-0.39, 0.29) is 17.6 Å². The molecule has 0 radical (unpaired) electrons. The lowest BCUT2D eigenvalue weighted by Gasteiger charge is -2.15. The van der Waals surface area contributed by atoms with E-state index in [0.717, 1.165) is 24.2 Å². The van der Waals surface area contributed by atoms with Gasteiger partial charge in [0.25, 0.3) is 0 Å². The first-order chi connectivity index (χ1) is 13.2. The van der Waals surface area contributed by atoms with E-state index < -0.39 is 6.04 Å². The Morgan fingerprint density at radius 2 is 2.15 bits per heavy atom. The maximum Gasteiger partial charge on any atom is 0.242 e. The van der Waals surface area contributed by atoms with Crippen molar-refractivity contribution in [2.45, 2.75) is 37.0 Å². The van der Waals surface area contributed by atoms with Crippen molar-refractivity contribution in [2.24, 2.45) is 0 Å². The molecule has 2 aromatic rings. The number of aromatic nitrogens is 3. The van der Waals surface area contributed by atoms with E-state index in [2.05, 4.69) is 27.4 Å². The maximum absolute atomic E-state index is 12.3. The molecule has 2 heterocycles. The quantitative estimate of drug-likeness (QED) is 0.562. The molecule has 0 aliphatic carbocycles. The second-order valence-electron chi connectivity index (χ2n) is 6.27. The van der Waals surface area contributed by atoms with Crippen LogP contribution in [0.1, 0.15) is 19.3 Å². The third kappa shape index (κ3) is 4.97. The van der Waals surface area contributed by atoms with Gasteiger partial charge in [-0.25, -0.2) is 0 Å². The number of rotatable bonds is 7. The van der Waals surface area contributed by atoms with Crippen LogP contribution in [0.5, 0.6) is 0 Å². The highest BCUT2D eigenvalue weighted by atomic mass is 32.2. The highest BCUT2D eigenvalue weighted by Gasteiger charge is 2.23. The standard InChI is InChI=1S/C19H23N5O2S/c1-2-12-24-17(14-8-4-3-5-9-14)22-23-19(24)27-13-16(25)21-15-10-6-7-11-20-18(15)26/h2-5,8-9,15H,1,6-7,10-13H2,(H,20,26)(H,21,25)/t15-/m1/s1. The number of hydrogen-bond donors (Lipinski definition) is 2. The van der Waals surface area contributed by atoms with E-state index in [0.29, 0.717) is 24.7 Å². The number of carbonyl (C=O) groups excluding carboxylic acids is 2. The van der Waals surface area contributed by atoms with Gasteiger partial charge in [0.2, 0.25) is 11.8 Å². The van der Waals surface area contributed by atoms with Crippen LogP contribution < -0.4 is 10.6 Å². The van der Waals surface area contributed by atoms with Gasteiger partial charge in [-0.3, -0.25) is 14.2 Å². The first-order valence-corrected chi connectivity index (χ1v) is 9.97. The molecule has 7 nitrogen and oxygen atoms in total. The Hall–Kier alpha value is -2.61. The van der Waals surface area contributed by atoms with Gasteiger partial charge < -0.3 is 10.6 Å². The van der Waals surface area contributed by atoms with Gasteiger partial charge in [0.05, 0.1) is 5.75 Å². The van der Waals surface area contributed by atoms with E-state index in [1.807, 2.05) is 34.9 Å². The number of amides is 2. The Morgan fingerprint density at radius 1 is 1.33 bits per heavy atom. The molecule has 8 heteroatoms. The molecule has 1 aromatic heterocycles. The zero-order valence-electron chi connectivity index (χ0n) is 15.1. The van der Waals surface area contributed by atoms with Gasteiger partial charge in [-0.15, -0.1) is 16.8 Å². The third-order valence-electron chi connectivity index (χ3n) is 4.26. The lowest BCUT2D eigenvalue weighted by Crippen LogP contribution is -2.46. The molecule has 1 aliphatic rings. The summed E-state index contributed by atoms with van der Waals surface area (Å²) in [5.41, 5.74) is 0.957. The molecule has 27 heavy (non-hydrogen) atoms. The van der Waals surface area contributed by atoms with Crippen LogP contribution in [0.15, 0.2) is 48.1 Å². The SMILES string of the molecule is C=CCn1c(SCC(=O)N[C@@H]2CCCCNC2=O)nnc1-c1ccccc1. The fourth-order valence-corrected chi connectivity index (χ4v) is 3.69. The van der Waals surface area contributed by atoms with Crippen molar-refractivity contribution in [1.82, 2.24) is 25.4 Å². The lowest BCUT2D eigenvalue weighted by atomic mass is 10.1. The summed E-state index contributed by atoms with van der Waals surface area (Å²) in [4.78, 5) is 24.3. The van der Waals surface area contributed by atoms with Gasteiger partial charge in [-0.2, -0.15) is 0 Å². The van der Waals surface area contributed by atoms with Crippen LogP contribution in [-0.2, 0) is 16.1 Å². The van der Waals surface area contributed by atoms with Crippen molar-refractivity contribution in [3.63, 3.8) is 0 Å². The molecule has 2 N–H and O–H groups in total. The molecular weight excluding hydrogens is 362 g/mol.